The lowest BCUT2D eigenvalue weighted by molar-refractivity contribution is -0.223. The molecular weight excluding hydrogens is 465 g/mol. The van der Waals surface area contributed by atoms with Gasteiger partial charge in [-0.25, -0.2) is 4.39 Å². The molecule has 6 heteroatoms. The molecule has 1 aliphatic heterocycles. The smallest absolute Gasteiger partial charge is 0.400 e. The van der Waals surface area contributed by atoms with E-state index in [2.05, 4.69) is 36.4 Å². The maximum atomic E-state index is 14.6. The summed E-state index contributed by atoms with van der Waals surface area (Å²) in [6.45, 7) is 3.48. The Labute approximate surface area is 212 Å². The van der Waals surface area contributed by atoms with Gasteiger partial charge in [0.15, 0.2) is 6.29 Å². The fourth-order valence-corrected chi connectivity index (χ4v) is 5.14. The minimum atomic E-state index is -3.24. The molecule has 0 radical (unpaired) electrons. The molecule has 2 fully saturated rings. The first kappa shape index (κ1) is 26.7. The van der Waals surface area contributed by atoms with E-state index in [1.54, 1.807) is 0 Å². The lowest BCUT2D eigenvalue weighted by Crippen LogP contribution is -2.37. The van der Waals surface area contributed by atoms with Crippen molar-refractivity contribution in [2.75, 3.05) is 13.2 Å². The number of aryl methyl sites for hydroxylation is 1. The summed E-state index contributed by atoms with van der Waals surface area (Å²) in [7, 11) is 0. The summed E-state index contributed by atoms with van der Waals surface area (Å²) in [5.41, 5.74) is 2.28. The number of benzene rings is 2. The van der Waals surface area contributed by atoms with Crippen molar-refractivity contribution in [1.82, 2.24) is 0 Å². The van der Waals surface area contributed by atoms with Gasteiger partial charge in [0.25, 0.3) is 0 Å². The van der Waals surface area contributed by atoms with Crippen LogP contribution in [0.25, 0.3) is 0 Å². The van der Waals surface area contributed by atoms with Crippen molar-refractivity contribution in [2.45, 2.75) is 70.7 Å². The van der Waals surface area contributed by atoms with Crippen LogP contribution in [0, 0.1) is 23.6 Å². The van der Waals surface area contributed by atoms with E-state index >= 15 is 0 Å². The predicted molar refractivity (Wildman–Crippen MR) is 134 cm³/mol. The summed E-state index contributed by atoms with van der Waals surface area (Å²) in [5, 5.41) is 0. The zero-order valence-corrected chi connectivity index (χ0v) is 21.0. The Balaban J connectivity index is 1.17. The Bertz CT molecular complexity index is 942. The first-order valence-electron chi connectivity index (χ1n) is 13.2. The predicted octanol–water partition coefficient (Wildman–Crippen LogP) is 8.25. The van der Waals surface area contributed by atoms with Crippen LogP contribution in [0.15, 0.2) is 60.7 Å². The highest BCUT2D eigenvalue weighted by Gasteiger charge is 2.43. The zero-order chi connectivity index (χ0) is 25.4. The minimum absolute atomic E-state index is 0.000198. The van der Waals surface area contributed by atoms with Crippen LogP contribution in [0.4, 0.5) is 13.2 Å². The van der Waals surface area contributed by atoms with Gasteiger partial charge in [-0.05, 0) is 94.0 Å². The van der Waals surface area contributed by atoms with Gasteiger partial charge in [0.05, 0.1) is 19.1 Å². The van der Waals surface area contributed by atoms with E-state index in [0.29, 0.717) is 24.7 Å². The quantitative estimate of drug-likeness (QED) is 0.306. The molecular formula is C30H37F3O3. The molecule has 3 nitrogen and oxygen atoms in total. The normalized spacial score (nSPS) is 25.2. The highest BCUT2D eigenvalue weighted by molar-refractivity contribution is 5.24. The molecule has 196 valence electrons. The third-order valence-corrected chi connectivity index (χ3v) is 7.43. The van der Waals surface area contributed by atoms with Gasteiger partial charge in [0.2, 0.25) is 0 Å². The molecule has 0 amide bonds. The fraction of sp³-hybridized carbons (Fsp3) is 0.533. The molecule has 0 bridgehead atoms. The zero-order valence-electron chi connectivity index (χ0n) is 21.0. The largest absolute Gasteiger partial charge is 0.432 e. The van der Waals surface area contributed by atoms with E-state index in [1.807, 2.05) is 6.92 Å². The van der Waals surface area contributed by atoms with Gasteiger partial charge < -0.3 is 14.2 Å². The third-order valence-electron chi connectivity index (χ3n) is 7.43. The van der Waals surface area contributed by atoms with Crippen LogP contribution in [0.2, 0.25) is 0 Å². The molecule has 2 aromatic carbocycles. The molecule has 0 N–H and O–H groups in total. The van der Waals surface area contributed by atoms with Crippen LogP contribution in [0.3, 0.4) is 0 Å². The first-order valence-corrected chi connectivity index (χ1v) is 13.2. The number of allylic oxidation sites excluding steroid dienone is 2. The standard InChI is InChI=1S/C30H37F3O3/c1-2-3-4-5-24-20-34-29(35-21-24)25-12-8-22(9-13-25)6-7-23-10-14-26(15-11-23)30(32,33)36-28-18-16-27(31)17-19-28/h2-3,8-9,12-13,16-19,23-24,26,29H,4-7,10-11,14-15,20-21H2,1H3/b3-2+. The summed E-state index contributed by atoms with van der Waals surface area (Å²) in [6.07, 6.45) is 7.17. The van der Waals surface area contributed by atoms with Crippen LogP contribution in [-0.2, 0) is 15.9 Å². The highest BCUT2D eigenvalue weighted by Crippen LogP contribution is 2.41. The second kappa shape index (κ2) is 12.8. The van der Waals surface area contributed by atoms with Crippen molar-refractivity contribution >= 4 is 0 Å². The topological polar surface area (TPSA) is 27.7 Å². The Morgan fingerprint density at radius 2 is 1.56 bits per heavy atom. The van der Waals surface area contributed by atoms with Crippen molar-refractivity contribution in [1.29, 1.82) is 0 Å². The molecule has 1 aliphatic carbocycles. The summed E-state index contributed by atoms with van der Waals surface area (Å²) >= 11 is 0. The van der Waals surface area contributed by atoms with E-state index in [4.69, 9.17) is 14.2 Å². The molecule has 0 atom stereocenters. The number of hydrogen-bond acceptors (Lipinski definition) is 3. The average Bonchev–Trinajstić information content (AvgIpc) is 2.90. The van der Waals surface area contributed by atoms with Gasteiger partial charge >= 0.3 is 6.11 Å². The Kier molecular flexibility index (Phi) is 9.49. The van der Waals surface area contributed by atoms with Gasteiger partial charge in [-0.15, -0.1) is 0 Å². The molecule has 1 saturated carbocycles. The lowest BCUT2D eigenvalue weighted by atomic mass is 9.79. The highest BCUT2D eigenvalue weighted by atomic mass is 19.3. The van der Waals surface area contributed by atoms with Crippen LogP contribution >= 0.6 is 0 Å². The molecule has 1 saturated heterocycles. The molecule has 0 spiro atoms. The monoisotopic (exact) mass is 502 g/mol. The number of rotatable bonds is 10. The molecule has 2 aliphatic rings. The molecule has 0 aromatic heterocycles. The third kappa shape index (κ3) is 7.59. The summed E-state index contributed by atoms with van der Waals surface area (Å²) in [4.78, 5) is 0. The van der Waals surface area contributed by atoms with Crippen molar-refractivity contribution in [3.05, 3.63) is 77.6 Å². The maximum absolute atomic E-state index is 14.6. The molecule has 36 heavy (non-hydrogen) atoms. The molecule has 1 heterocycles. The average molecular weight is 503 g/mol. The van der Waals surface area contributed by atoms with E-state index in [9.17, 15) is 13.2 Å². The van der Waals surface area contributed by atoms with Crippen LogP contribution < -0.4 is 4.74 Å². The van der Waals surface area contributed by atoms with E-state index in [1.165, 1.54) is 17.7 Å². The number of alkyl halides is 2. The Morgan fingerprint density at radius 1 is 0.889 bits per heavy atom. The van der Waals surface area contributed by atoms with Crippen molar-refractivity contribution in [3.8, 4) is 5.75 Å². The van der Waals surface area contributed by atoms with Crippen LogP contribution in [0.1, 0.15) is 69.3 Å². The lowest BCUT2D eigenvalue weighted by Gasteiger charge is -2.33. The van der Waals surface area contributed by atoms with Crippen molar-refractivity contribution < 1.29 is 27.4 Å². The van der Waals surface area contributed by atoms with Gasteiger partial charge in [-0.1, -0.05) is 36.4 Å². The van der Waals surface area contributed by atoms with Gasteiger partial charge in [0.1, 0.15) is 11.6 Å². The number of hydrogen-bond donors (Lipinski definition) is 0. The van der Waals surface area contributed by atoms with E-state index in [-0.39, 0.29) is 12.0 Å². The summed E-state index contributed by atoms with van der Waals surface area (Å²) in [5.74, 6) is -0.398. The molecule has 2 aromatic rings. The van der Waals surface area contributed by atoms with Gasteiger partial charge in [0, 0.05) is 11.5 Å². The number of halogens is 3. The molecule has 0 unspecified atom stereocenters. The van der Waals surface area contributed by atoms with Crippen molar-refractivity contribution in [3.63, 3.8) is 0 Å². The van der Waals surface area contributed by atoms with Gasteiger partial charge in [-0.3, -0.25) is 0 Å². The Hall–Kier alpha value is -2.31. The van der Waals surface area contributed by atoms with Gasteiger partial charge in [-0.2, -0.15) is 8.78 Å². The fourth-order valence-electron chi connectivity index (χ4n) is 5.14. The van der Waals surface area contributed by atoms with Crippen LogP contribution in [0.5, 0.6) is 5.75 Å². The van der Waals surface area contributed by atoms with E-state index < -0.39 is 17.8 Å². The first-order chi connectivity index (χ1) is 17.4. The van der Waals surface area contributed by atoms with E-state index in [0.717, 1.165) is 69.4 Å². The summed E-state index contributed by atoms with van der Waals surface area (Å²) < 4.78 is 59.1. The Morgan fingerprint density at radius 3 is 2.19 bits per heavy atom. The maximum Gasteiger partial charge on any atom is 0.400 e. The van der Waals surface area contributed by atoms with Crippen LogP contribution in [-0.4, -0.2) is 19.3 Å². The SMILES string of the molecule is C/C=C/CCC1COC(c2ccc(CCC3CCC(C(F)(F)Oc4ccc(F)cc4)CC3)cc2)OC1. The minimum Gasteiger partial charge on any atom is -0.432 e. The summed E-state index contributed by atoms with van der Waals surface area (Å²) in [6, 6.07) is 13.1. The number of ether oxygens (including phenoxy) is 3. The second-order valence-electron chi connectivity index (χ2n) is 10.1. The second-order valence-corrected chi connectivity index (χ2v) is 10.1. The van der Waals surface area contributed by atoms with Crippen molar-refractivity contribution in [2.24, 2.45) is 17.8 Å². The molecule has 4 rings (SSSR count).